The quantitative estimate of drug-likeness (QED) is 0.547. The van der Waals surface area contributed by atoms with E-state index < -0.39 is 0 Å². The van der Waals surface area contributed by atoms with Gasteiger partial charge in [0.05, 0.1) is 10.6 Å². The van der Waals surface area contributed by atoms with Crippen LogP contribution in [0.3, 0.4) is 0 Å². The Morgan fingerprint density at radius 3 is 2.77 bits per heavy atom. The van der Waals surface area contributed by atoms with Gasteiger partial charge in [-0.15, -0.1) is 16.4 Å². The summed E-state index contributed by atoms with van der Waals surface area (Å²) in [6, 6.07) is 13.7. The van der Waals surface area contributed by atoms with Gasteiger partial charge in [-0.25, -0.2) is 4.98 Å². The first-order valence-corrected chi connectivity index (χ1v) is 8.79. The van der Waals surface area contributed by atoms with Crippen molar-refractivity contribution in [3.63, 3.8) is 0 Å². The van der Waals surface area contributed by atoms with Crippen molar-refractivity contribution < 1.29 is 4.79 Å². The predicted molar refractivity (Wildman–Crippen MR) is 90.6 cm³/mol. The molecular weight excluding hydrogens is 314 g/mol. The molecule has 3 rings (SSSR count). The van der Waals surface area contributed by atoms with E-state index in [-0.39, 0.29) is 5.78 Å². The van der Waals surface area contributed by atoms with E-state index >= 15 is 0 Å². The van der Waals surface area contributed by atoms with E-state index in [1.807, 2.05) is 42.5 Å². The molecule has 3 aromatic rings. The summed E-state index contributed by atoms with van der Waals surface area (Å²) < 4.78 is 0. The lowest BCUT2D eigenvalue weighted by molar-refractivity contribution is 0.102. The average Bonchev–Trinajstić information content (AvgIpc) is 3.22. The maximum atomic E-state index is 12.1. The van der Waals surface area contributed by atoms with E-state index in [0.29, 0.717) is 10.9 Å². The van der Waals surface area contributed by atoms with Crippen LogP contribution in [0, 0.1) is 0 Å². The van der Waals surface area contributed by atoms with Gasteiger partial charge in [-0.2, -0.15) is 0 Å². The van der Waals surface area contributed by atoms with Gasteiger partial charge in [0.1, 0.15) is 0 Å². The molecule has 0 fully saturated rings. The van der Waals surface area contributed by atoms with Crippen molar-refractivity contribution in [1.29, 1.82) is 0 Å². The summed E-state index contributed by atoms with van der Waals surface area (Å²) in [5, 5.41) is 7.66. The lowest BCUT2D eigenvalue weighted by Gasteiger charge is -1.95. The third-order valence-electron chi connectivity index (χ3n) is 3.13. The predicted octanol–water partition coefficient (Wildman–Crippen LogP) is 4.07. The van der Waals surface area contributed by atoms with Gasteiger partial charge in [0.15, 0.2) is 11.6 Å². The number of ketones is 1. The molecule has 0 saturated heterocycles. The van der Waals surface area contributed by atoms with Crippen LogP contribution in [0.15, 0.2) is 47.6 Å². The molecule has 1 N–H and O–H groups in total. The van der Waals surface area contributed by atoms with Crippen LogP contribution >= 0.6 is 23.1 Å². The first-order chi connectivity index (χ1) is 10.8. The van der Waals surface area contributed by atoms with Gasteiger partial charge in [-0.3, -0.25) is 9.89 Å². The number of hydrogen-bond acceptors (Lipinski definition) is 5. The van der Waals surface area contributed by atoms with Crippen molar-refractivity contribution in [1.82, 2.24) is 15.2 Å². The summed E-state index contributed by atoms with van der Waals surface area (Å²) in [5.41, 5.74) is 0.985. The number of carbonyl (C=O) groups excluding carboxylic acids is 1. The van der Waals surface area contributed by atoms with Gasteiger partial charge >= 0.3 is 0 Å². The second kappa shape index (κ2) is 6.89. The number of rotatable bonds is 6. The van der Waals surface area contributed by atoms with Crippen molar-refractivity contribution in [3.8, 4) is 11.4 Å². The van der Waals surface area contributed by atoms with Crippen LogP contribution in [0.25, 0.3) is 11.4 Å². The molecule has 0 atom stereocenters. The first kappa shape index (κ1) is 15.0. The van der Waals surface area contributed by atoms with Crippen LogP contribution in [-0.4, -0.2) is 26.7 Å². The van der Waals surface area contributed by atoms with E-state index in [9.17, 15) is 4.79 Å². The van der Waals surface area contributed by atoms with Gasteiger partial charge in [-0.1, -0.05) is 49.0 Å². The molecule has 0 amide bonds. The molecule has 0 radical (unpaired) electrons. The summed E-state index contributed by atoms with van der Waals surface area (Å²) in [6.45, 7) is 2.09. The Morgan fingerprint density at radius 2 is 2.05 bits per heavy atom. The highest BCUT2D eigenvalue weighted by Gasteiger charge is 2.12. The van der Waals surface area contributed by atoms with E-state index in [0.717, 1.165) is 22.7 Å². The maximum absolute atomic E-state index is 12.1. The Morgan fingerprint density at radius 1 is 1.23 bits per heavy atom. The number of benzene rings is 1. The summed E-state index contributed by atoms with van der Waals surface area (Å²) >= 11 is 2.93. The number of H-pyrrole nitrogens is 1. The lowest BCUT2D eigenvalue weighted by atomic mass is 10.2. The number of thioether (sulfide) groups is 1. The number of aromatic amines is 1. The molecule has 0 saturated carbocycles. The third kappa shape index (κ3) is 3.45. The first-order valence-electron chi connectivity index (χ1n) is 6.99. The lowest BCUT2D eigenvalue weighted by Crippen LogP contribution is -1.99. The van der Waals surface area contributed by atoms with Gasteiger partial charge in [0.25, 0.3) is 0 Å². The number of nitrogens with zero attached hydrogens (tertiary/aromatic N) is 2. The standard InChI is InChI=1S/C16H15N3OS2/c1-2-12-8-9-14(22-12)13(20)10-21-16-17-15(18-19-16)11-6-4-3-5-7-11/h3-9H,2,10H2,1H3,(H,17,18,19). The molecule has 112 valence electrons. The van der Waals surface area contributed by atoms with Crippen LogP contribution in [0.2, 0.25) is 0 Å². The number of nitrogens with one attached hydrogen (secondary N) is 1. The molecule has 6 heteroatoms. The number of thiophene rings is 1. The largest absolute Gasteiger partial charge is 0.292 e. The molecule has 1 aromatic carbocycles. The fourth-order valence-electron chi connectivity index (χ4n) is 1.96. The molecule has 0 aliphatic rings. The summed E-state index contributed by atoms with van der Waals surface area (Å²) in [7, 11) is 0. The Labute approximate surface area is 137 Å². The number of aromatic nitrogens is 3. The third-order valence-corrected chi connectivity index (χ3v) is 5.25. The van der Waals surface area contributed by atoms with Crippen LogP contribution in [0.4, 0.5) is 0 Å². The highest BCUT2D eigenvalue weighted by molar-refractivity contribution is 7.99. The Bertz CT molecular complexity index is 765. The zero-order chi connectivity index (χ0) is 15.4. The van der Waals surface area contributed by atoms with Crippen LogP contribution in [0.5, 0.6) is 0 Å². The number of Topliss-reactive ketones (excluding diaryl/α,β-unsaturated/α-hetero) is 1. The fraction of sp³-hybridized carbons (Fsp3) is 0.188. The summed E-state index contributed by atoms with van der Waals surface area (Å²) in [5.74, 6) is 1.20. The summed E-state index contributed by atoms with van der Waals surface area (Å²) in [6.07, 6.45) is 0.965. The van der Waals surface area contributed by atoms with Crippen molar-refractivity contribution in [3.05, 3.63) is 52.2 Å². The SMILES string of the molecule is CCc1ccc(C(=O)CSc2n[nH]c(-c3ccccc3)n2)s1. The van der Waals surface area contributed by atoms with Gasteiger partial charge in [0.2, 0.25) is 5.16 Å². The average molecular weight is 329 g/mol. The zero-order valence-electron chi connectivity index (χ0n) is 12.1. The smallest absolute Gasteiger partial charge is 0.209 e. The second-order valence-corrected chi connectivity index (χ2v) is 6.77. The highest BCUT2D eigenvalue weighted by atomic mass is 32.2. The monoisotopic (exact) mass is 329 g/mol. The van der Waals surface area contributed by atoms with Crippen LogP contribution in [-0.2, 0) is 6.42 Å². The highest BCUT2D eigenvalue weighted by Crippen LogP contribution is 2.22. The molecule has 2 heterocycles. The number of aryl methyl sites for hydroxylation is 1. The number of hydrogen-bond donors (Lipinski definition) is 1. The van der Waals surface area contributed by atoms with Crippen LogP contribution < -0.4 is 0 Å². The Hall–Kier alpha value is -1.92. The molecular formula is C16H15N3OS2. The topological polar surface area (TPSA) is 58.6 Å². The van der Waals surface area contributed by atoms with E-state index in [1.165, 1.54) is 16.6 Å². The molecule has 4 nitrogen and oxygen atoms in total. The molecule has 0 unspecified atom stereocenters. The van der Waals surface area contributed by atoms with Gasteiger partial charge < -0.3 is 0 Å². The Kier molecular flexibility index (Phi) is 4.70. The molecule has 0 bridgehead atoms. The zero-order valence-corrected chi connectivity index (χ0v) is 13.7. The van der Waals surface area contributed by atoms with Gasteiger partial charge in [-0.05, 0) is 18.6 Å². The fourth-order valence-corrected chi connectivity index (χ4v) is 3.61. The normalized spacial score (nSPS) is 10.8. The number of carbonyl (C=O) groups is 1. The van der Waals surface area contributed by atoms with Gasteiger partial charge in [0, 0.05) is 10.4 Å². The maximum Gasteiger partial charge on any atom is 0.209 e. The van der Waals surface area contributed by atoms with Crippen molar-refractivity contribution in [2.75, 3.05) is 5.75 Å². The molecule has 0 aliphatic heterocycles. The van der Waals surface area contributed by atoms with E-state index in [1.54, 1.807) is 11.3 Å². The van der Waals surface area contributed by atoms with Crippen molar-refractivity contribution in [2.45, 2.75) is 18.5 Å². The summed E-state index contributed by atoms with van der Waals surface area (Å²) in [4.78, 5) is 18.6. The van der Waals surface area contributed by atoms with E-state index in [2.05, 4.69) is 22.1 Å². The minimum atomic E-state index is 0.126. The minimum Gasteiger partial charge on any atom is -0.292 e. The molecule has 0 spiro atoms. The molecule has 2 aromatic heterocycles. The molecule has 0 aliphatic carbocycles. The van der Waals surface area contributed by atoms with Crippen LogP contribution in [0.1, 0.15) is 21.5 Å². The minimum absolute atomic E-state index is 0.126. The second-order valence-electron chi connectivity index (χ2n) is 4.66. The Balaban J connectivity index is 1.62. The van der Waals surface area contributed by atoms with E-state index in [4.69, 9.17) is 0 Å². The molecule has 22 heavy (non-hydrogen) atoms. The van der Waals surface area contributed by atoms with Crippen molar-refractivity contribution in [2.24, 2.45) is 0 Å². The van der Waals surface area contributed by atoms with Crippen molar-refractivity contribution >= 4 is 28.9 Å².